The molecule has 0 saturated carbocycles. The molecule has 0 aliphatic carbocycles. The van der Waals surface area contributed by atoms with Crippen molar-refractivity contribution in [1.82, 2.24) is 5.32 Å². The van der Waals surface area contributed by atoms with E-state index in [4.69, 9.17) is 0 Å². The third kappa shape index (κ3) is 19.1. The van der Waals surface area contributed by atoms with Gasteiger partial charge in [-0.1, -0.05) is 47.5 Å². The van der Waals surface area contributed by atoms with Gasteiger partial charge in [0.1, 0.15) is 0 Å². The van der Waals surface area contributed by atoms with Gasteiger partial charge in [-0.3, -0.25) is 0 Å². The van der Waals surface area contributed by atoms with E-state index in [0.717, 1.165) is 13.0 Å². The zero-order chi connectivity index (χ0) is 12.6. The highest BCUT2D eigenvalue weighted by Crippen LogP contribution is 2.01. The summed E-state index contributed by atoms with van der Waals surface area (Å²) in [6, 6.07) is 0. The fraction of sp³-hybridized carbons (Fsp3) is 0.867. The Balaban J connectivity index is 0. The molecule has 0 heterocycles. The maximum atomic E-state index is 3.34. The number of hydrogen-bond donors (Lipinski definition) is 1. The molecule has 0 aromatic carbocycles. The first-order valence-electron chi connectivity index (χ1n) is 6.96. The minimum atomic E-state index is 0.531. The van der Waals surface area contributed by atoms with Crippen LogP contribution in [0.1, 0.15) is 66.7 Å². The highest BCUT2D eigenvalue weighted by molar-refractivity contribution is 5.00. The van der Waals surface area contributed by atoms with Crippen molar-refractivity contribution in [2.24, 2.45) is 5.92 Å². The smallest absolute Gasteiger partial charge is 0.0146 e. The van der Waals surface area contributed by atoms with Crippen molar-refractivity contribution in [2.45, 2.75) is 66.7 Å². The van der Waals surface area contributed by atoms with E-state index in [1.807, 2.05) is 13.8 Å². The predicted octanol–water partition coefficient (Wildman–Crippen LogP) is 4.23. The van der Waals surface area contributed by atoms with Crippen molar-refractivity contribution >= 4 is 0 Å². The third-order valence-corrected chi connectivity index (χ3v) is 2.05. The zero-order valence-corrected chi connectivity index (χ0v) is 12.0. The van der Waals surface area contributed by atoms with Gasteiger partial charge in [0.15, 0.2) is 0 Å². The SMILES string of the molecule is CC.CCNCCCCCCC#CC(C)C. The van der Waals surface area contributed by atoms with E-state index in [-0.39, 0.29) is 0 Å². The van der Waals surface area contributed by atoms with Crippen LogP contribution < -0.4 is 5.32 Å². The minimum Gasteiger partial charge on any atom is -0.317 e. The first kappa shape index (κ1) is 17.9. The molecule has 1 N–H and O–H groups in total. The Hall–Kier alpha value is -0.480. The third-order valence-electron chi connectivity index (χ3n) is 2.05. The molecule has 0 aliphatic rings. The van der Waals surface area contributed by atoms with Crippen molar-refractivity contribution in [2.75, 3.05) is 13.1 Å². The molecular weight excluding hydrogens is 194 g/mol. The van der Waals surface area contributed by atoms with Gasteiger partial charge in [-0.2, -0.15) is 0 Å². The fourth-order valence-electron chi connectivity index (χ4n) is 1.27. The highest BCUT2D eigenvalue weighted by atomic mass is 14.8. The van der Waals surface area contributed by atoms with Crippen LogP contribution in [0, 0.1) is 17.8 Å². The van der Waals surface area contributed by atoms with E-state index >= 15 is 0 Å². The van der Waals surface area contributed by atoms with Gasteiger partial charge in [0, 0.05) is 12.3 Å². The quantitative estimate of drug-likeness (QED) is 0.505. The van der Waals surface area contributed by atoms with Crippen LogP contribution in [0.3, 0.4) is 0 Å². The van der Waals surface area contributed by atoms with Gasteiger partial charge in [0.05, 0.1) is 0 Å². The molecule has 0 aliphatic heterocycles. The summed E-state index contributed by atoms with van der Waals surface area (Å²) in [6.07, 6.45) is 6.34. The summed E-state index contributed by atoms with van der Waals surface area (Å²) in [5.74, 6) is 6.95. The first-order valence-corrected chi connectivity index (χ1v) is 6.96. The molecule has 0 radical (unpaired) electrons. The van der Waals surface area contributed by atoms with Gasteiger partial charge in [0.2, 0.25) is 0 Å². The van der Waals surface area contributed by atoms with Crippen LogP contribution in [-0.2, 0) is 0 Å². The molecule has 0 rings (SSSR count). The molecule has 96 valence electrons. The Bertz CT molecular complexity index is 162. The van der Waals surface area contributed by atoms with Crippen LogP contribution in [0.4, 0.5) is 0 Å². The molecule has 16 heavy (non-hydrogen) atoms. The molecule has 0 spiro atoms. The number of unbranched alkanes of at least 4 members (excludes halogenated alkanes) is 4. The lowest BCUT2D eigenvalue weighted by atomic mass is 10.1. The van der Waals surface area contributed by atoms with E-state index in [1.165, 1.54) is 32.2 Å². The largest absolute Gasteiger partial charge is 0.317 e. The van der Waals surface area contributed by atoms with Crippen LogP contribution in [0.15, 0.2) is 0 Å². The minimum absolute atomic E-state index is 0.531. The Labute approximate surface area is 103 Å². The first-order chi connectivity index (χ1) is 7.77. The molecule has 1 heteroatoms. The molecule has 0 amide bonds. The summed E-state index contributed by atoms with van der Waals surface area (Å²) in [4.78, 5) is 0. The van der Waals surface area contributed by atoms with Gasteiger partial charge in [-0.05, 0) is 25.9 Å². The van der Waals surface area contributed by atoms with Crippen LogP contribution in [-0.4, -0.2) is 13.1 Å². The van der Waals surface area contributed by atoms with Crippen LogP contribution in [0.5, 0.6) is 0 Å². The lowest BCUT2D eigenvalue weighted by Gasteiger charge is -2.00. The van der Waals surface area contributed by atoms with E-state index in [1.54, 1.807) is 0 Å². The van der Waals surface area contributed by atoms with Gasteiger partial charge in [-0.25, -0.2) is 0 Å². The van der Waals surface area contributed by atoms with E-state index in [0.29, 0.717) is 5.92 Å². The van der Waals surface area contributed by atoms with Crippen LogP contribution >= 0.6 is 0 Å². The van der Waals surface area contributed by atoms with E-state index in [9.17, 15) is 0 Å². The molecular formula is C15H31N. The predicted molar refractivity (Wildman–Crippen MR) is 75.6 cm³/mol. The normalized spacial score (nSPS) is 9.12. The number of hydrogen-bond acceptors (Lipinski definition) is 1. The maximum Gasteiger partial charge on any atom is 0.0146 e. The summed E-state index contributed by atoms with van der Waals surface area (Å²) in [5, 5.41) is 3.34. The van der Waals surface area contributed by atoms with Crippen LogP contribution in [0.2, 0.25) is 0 Å². The number of nitrogens with one attached hydrogen (secondary N) is 1. The van der Waals surface area contributed by atoms with Crippen molar-refractivity contribution < 1.29 is 0 Å². The zero-order valence-electron chi connectivity index (χ0n) is 12.0. The topological polar surface area (TPSA) is 12.0 Å². The Kier molecular flexibility index (Phi) is 18.9. The highest BCUT2D eigenvalue weighted by Gasteiger charge is 1.88. The van der Waals surface area contributed by atoms with Gasteiger partial charge >= 0.3 is 0 Å². The van der Waals surface area contributed by atoms with E-state index < -0.39 is 0 Å². The standard InChI is InChI=1S/C13H25N.C2H6/c1-4-14-12-10-8-6-5-7-9-11-13(2)3;1-2/h13-14H,4-8,10,12H2,1-3H3;1-2H3. The molecule has 0 fully saturated rings. The Morgan fingerprint density at radius 3 is 2.19 bits per heavy atom. The lowest BCUT2D eigenvalue weighted by Crippen LogP contribution is -2.13. The molecule has 0 aromatic heterocycles. The molecule has 0 atom stereocenters. The van der Waals surface area contributed by atoms with Crippen molar-refractivity contribution in [1.29, 1.82) is 0 Å². The molecule has 1 nitrogen and oxygen atoms in total. The summed E-state index contributed by atoms with van der Waals surface area (Å²) in [6.45, 7) is 12.7. The second-order valence-corrected chi connectivity index (χ2v) is 3.99. The van der Waals surface area contributed by atoms with Crippen molar-refractivity contribution in [3.05, 3.63) is 0 Å². The molecule has 0 bridgehead atoms. The lowest BCUT2D eigenvalue weighted by molar-refractivity contribution is 0.603. The molecule has 0 unspecified atom stereocenters. The van der Waals surface area contributed by atoms with E-state index in [2.05, 4.69) is 37.9 Å². The maximum absolute atomic E-state index is 3.34. The summed E-state index contributed by atoms with van der Waals surface area (Å²) >= 11 is 0. The Morgan fingerprint density at radius 2 is 1.62 bits per heavy atom. The van der Waals surface area contributed by atoms with Gasteiger partial charge in [0.25, 0.3) is 0 Å². The summed E-state index contributed by atoms with van der Waals surface area (Å²) in [5.41, 5.74) is 0. The Morgan fingerprint density at radius 1 is 1.00 bits per heavy atom. The van der Waals surface area contributed by atoms with Crippen LogP contribution in [0.25, 0.3) is 0 Å². The van der Waals surface area contributed by atoms with Crippen molar-refractivity contribution in [3.63, 3.8) is 0 Å². The second-order valence-electron chi connectivity index (χ2n) is 3.99. The number of rotatable bonds is 7. The molecule has 0 saturated heterocycles. The monoisotopic (exact) mass is 225 g/mol. The molecule has 0 aromatic rings. The van der Waals surface area contributed by atoms with Gasteiger partial charge < -0.3 is 5.32 Å². The average Bonchev–Trinajstić information content (AvgIpc) is 2.29. The van der Waals surface area contributed by atoms with Gasteiger partial charge in [-0.15, -0.1) is 11.8 Å². The average molecular weight is 225 g/mol. The second kappa shape index (κ2) is 16.9. The van der Waals surface area contributed by atoms with Crippen molar-refractivity contribution in [3.8, 4) is 11.8 Å². The summed E-state index contributed by atoms with van der Waals surface area (Å²) < 4.78 is 0. The fourth-order valence-corrected chi connectivity index (χ4v) is 1.27. The summed E-state index contributed by atoms with van der Waals surface area (Å²) in [7, 11) is 0.